The van der Waals surface area contributed by atoms with Crippen LogP contribution < -0.4 is 15.6 Å². The van der Waals surface area contributed by atoms with Crippen LogP contribution in [0.2, 0.25) is 0 Å². The van der Waals surface area contributed by atoms with Crippen LogP contribution in [0.15, 0.2) is 114 Å². The minimum absolute atomic E-state index is 0.233. The van der Waals surface area contributed by atoms with Crippen LogP contribution in [0.4, 0.5) is 0 Å². The molecule has 29 heavy (non-hydrogen) atoms. The highest BCUT2D eigenvalue weighted by Crippen LogP contribution is 2.31. The zero-order chi connectivity index (χ0) is 19.5. The Balaban J connectivity index is 1.58. The fraction of sp³-hybridized carbons (Fsp3) is 0. The van der Waals surface area contributed by atoms with Crippen LogP contribution in [-0.2, 0) is 0 Å². The summed E-state index contributed by atoms with van der Waals surface area (Å²) < 4.78 is 12.6. The Morgan fingerprint density at radius 1 is 0.621 bits per heavy atom. The first-order chi connectivity index (χ1) is 14.4. The van der Waals surface area contributed by atoms with Crippen LogP contribution in [0.5, 0.6) is 5.75 Å². The van der Waals surface area contributed by atoms with Gasteiger partial charge < -0.3 is 9.07 Å². The van der Waals surface area contributed by atoms with Gasteiger partial charge in [-0.05, 0) is 35.2 Å². The quantitative estimate of drug-likeness (QED) is 0.419. The average Bonchev–Trinajstić information content (AvgIpc) is 3.23. The van der Waals surface area contributed by atoms with Gasteiger partial charge in [-0.15, -0.1) is 0 Å². The fourth-order valence-corrected chi connectivity index (χ4v) is 3.44. The first-order valence-electron chi connectivity index (χ1n) is 9.60. The standard InChI is InChI=1S/C25H18BNO2/c1-3-11-19(12-4-1)26(20-13-5-2-6-14-20)29-23-17-9-7-15-21(23)25-27-22-16-8-10-18-24(22)28-25/h1-18H. The summed E-state index contributed by atoms with van der Waals surface area (Å²) >= 11 is 0. The van der Waals surface area contributed by atoms with Gasteiger partial charge >= 0.3 is 6.92 Å². The molecule has 0 saturated carbocycles. The molecule has 4 aromatic carbocycles. The van der Waals surface area contributed by atoms with Gasteiger partial charge in [-0.3, -0.25) is 0 Å². The predicted octanol–water partition coefficient (Wildman–Crippen LogP) is 4.68. The Bertz CT molecular complexity index is 1160. The Morgan fingerprint density at radius 3 is 1.90 bits per heavy atom. The normalized spacial score (nSPS) is 10.8. The van der Waals surface area contributed by atoms with Crippen molar-refractivity contribution >= 4 is 28.9 Å². The second kappa shape index (κ2) is 7.68. The van der Waals surface area contributed by atoms with Crippen LogP contribution >= 0.6 is 0 Å². The van der Waals surface area contributed by atoms with E-state index in [9.17, 15) is 0 Å². The minimum Gasteiger partial charge on any atom is -0.551 e. The molecule has 3 nitrogen and oxygen atoms in total. The molecule has 0 aliphatic heterocycles. The van der Waals surface area contributed by atoms with Crippen molar-refractivity contribution in [2.75, 3.05) is 0 Å². The number of nitrogens with zero attached hydrogens (tertiary/aromatic N) is 1. The van der Waals surface area contributed by atoms with Crippen LogP contribution in [-0.4, -0.2) is 11.9 Å². The molecule has 0 fully saturated rings. The summed E-state index contributed by atoms with van der Waals surface area (Å²) in [7, 11) is 0. The lowest BCUT2D eigenvalue weighted by Gasteiger charge is -2.18. The van der Waals surface area contributed by atoms with E-state index in [1.165, 1.54) is 0 Å². The summed E-state index contributed by atoms with van der Waals surface area (Å²) in [6.45, 7) is -0.233. The highest BCUT2D eigenvalue weighted by atomic mass is 16.4. The number of hydrogen-bond donors (Lipinski definition) is 0. The van der Waals surface area contributed by atoms with Crippen LogP contribution in [0.3, 0.4) is 0 Å². The molecule has 0 saturated heterocycles. The smallest absolute Gasteiger partial charge is 0.426 e. The van der Waals surface area contributed by atoms with Crippen molar-refractivity contribution in [1.29, 1.82) is 0 Å². The molecule has 0 aliphatic rings. The maximum absolute atomic E-state index is 6.57. The van der Waals surface area contributed by atoms with Gasteiger partial charge in [-0.25, -0.2) is 4.98 Å². The van der Waals surface area contributed by atoms with E-state index in [4.69, 9.17) is 9.07 Å². The monoisotopic (exact) mass is 375 g/mol. The van der Waals surface area contributed by atoms with Crippen molar-refractivity contribution in [3.05, 3.63) is 109 Å². The molecule has 1 heterocycles. The van der Waals surface area contributed by atoms with E-state index < -0.39 is 0 Å². The Labute approximate surface area is 169 Å². The topological polar surface area (TPSA) is 35.3 Å². The van der Waals surface area contributed by atoms with E-state index in [2.05, 4.69) is 29.2 Å². The summed E-state index contributed by atoms with van der Waals surface area (Å²) in [5, 5.41) is 0. The van der Waals surface area contributed by atoms with Gasteiger partial charge in [-0.1, -0.05) is 84.9 Å². The third-order valence-electron chi connectivity index (χ3n) is 4.86. The second-order valence-corrected chi connectivity index (χ2v) is 6.80. The second-order valence-electron chi connectivity index (χ2n) is 6.80. The van der Waals surface area contributed by atoms with E-state index in [1.54, 1.807) is 0 Å². The summed E-state index contributed by atoms with van der Waals surface area (Å²) in [6, 6.07) is 36.1. The van der Waals surface area contributed by atoms with Crippen molar-refractivity contribution in [3.63, 3.8) is 0 Å². The van der Waals surface area contributed by atoms with Gasteiger partial charge in [0.1, 0.15) is 11.3 Å². The lowest BCUT2D eigenvalue weighted by atomic mass is 9.55. The highest BCUT2D eigenvalue weighted by Gasteiger charge is 2.25. The Hall–Kier alpha value is -3.79. The molecule has 0 spiro atoms. The number of benzene rings is 4. The van der Waals surface area contributed by atoms with Crippen LogP contribution in [0, 0.1) is 0 Å². The fourth-order valence-electron chi connectivity index (χ4n) is 3.44. The lowest BCUT2D eigenvalue weighted by Crippen LogP contribution is -2.47. The summed E-state index contributed by atoms with van der Waals surface area (Å²) in [6.07, 6.45) is 0. The summed E-state index contributed by atoms with van der Waals surface area (Å²) in [4.78, 5) is 4.65. The molecular weight excluding hydrogens is 357 g/mol. The average molecular weight is 375 g/mol. The van der Waals surface area contributed by atoms with Crippen molar-refractivity contribution in [3.8, 4) is 17.2 Å². The largest absolute Gasteiger partial charge is 0.551 e. The van der Waals surface area contributed by atoms with Gasteiger partial charge in [0.05, 0.1) is 5.56 Å². The van der Waals surface area contributed by atoms with Crippen LogP contribution in [0.1, 0.15) is 0 Å². The van der Waals surface area contributed by atoms with Crippen molar-refractivity contribution in [2.24, 2.45) is 0 Å². The highest BCUT2D eigenvalue weighted by molar-refractivity contribution is 6.80. The zero-order valence-electron chi connectivity index (χ0n) is 15.7. The molecule has 0 bridgehead atoms. The van der Waals surface area contributed by atoms with Gasteiger partial charge in [0.15, 0.2) is 5.58 Å². The number of fused-ring (bicyclic) bond motifs is 1. The number of hydrogen-bond acceptors (Lipinski definition) is 3. The third kappa shape index (κ3) is 3.53. The lowest BCUT2D eigenvalue weighted by molar-refractivity contribution is 0.579. The summed E-state index contributed by atoms with van der Waals surface area (Å²) in [5.41, 5.74) is 4.61. The van der Waals surface area contributed by atoms with Gasteiger partial charge in [0.25, 0.3) is 0 Å². The number of aromatic nitrogens is 1. The van der Waals surface area contributed by atoms with E-state index in [0.29, 0.717) is 5.89 Å². The zero-order valence-corrected chi connectivity index (χ0v) is 15.7. The van der Waals surface area contributed by atoms with E-state index >= 15 is 0 Å². The molecule has 0 N–H and O–H groups in total. The Morgan fingerprint density at radius 2 is 1.21 bits per heavy atom. The van der Waals surface area contributed by atoms with E-state index in [0.717, 1.165) is 33.3 Å². The molecular formula is C25H18BNO2. The number of para-hydroxylation sites is 3. The Kier molecular flexibility index (Phi) is 4.59. The first-order valence-corrected chi connectivity index (χ1v) is 9.60. The van der Waals surface area contributed by atoms with Gasteiger partial charge in [-0.2, -0.15) is 0 Å². The van der Waals surface area contributed by atoms with E-state index in [1.807, 2.05) is 84.9 Å². The molecule has 0 atom stereocenters. The molecule has 138 valence electrons. The number of oxazole rings is 1. The molecule has 0 radical (unpaired) electrons. The SMILES string of the molecule is c1ccc(B(Oc2ccccc2-c2nc3ccccc3o2)c2ccccc2)cc1. The van der Waals surface area contributed by atoms with Gasteiger partial charge in [0.2, 0.25) is 5.89 Å². The van der Waals surface area contributed by atoms with Crippen molar-refractivity contribution < 1.29 is 9.07 Å². The minimum atomic E-state index is -0.233. The molecule has 0 aliphatic carbocycles. The van der Waals surface area contributed by atoms with Crippen molar-refractivity contribution in [1.82, 2.24) is 4.98 Å². The number of rotatable bonds is 5. The summed E-state index contributed by atoms with van der Waals surface area (Å²) in [5.74, 6) is 1.29. The molecule has 0 unspecified atom stereocenters. The van der Waals surface area contributed by atoms with E-state index in [-0.39, 0.29) is 6.92 Å². The van der Waals surface area contributed by atoms with Gasteiger partial charge in [0, 0.05) is 0 Å². The third-order valence-corrected chi connectivity index (χ3v) is 4.86. The van der Waals surface area contributed by atoms with Crippen LogP contribution in [0.25, 0.3) is 22.6 Å². The molecule has 1 aromatic heterocycles. The molecule has 5 rings (SSSR count). The first kappa shape index (κ1) is 17.3. The van der Waals surface area contributed by atoms with Crippen molar-refractivity contribution in [2.45, 2.75) is 0 Å². The maximum atomic E-state index is 6.57. The molecule has 5 aromatic rings. The molecule has 4 heteroatoms. The molecule has 0 amide bonds. The predicted molar refractivity (Wildman–Crippen MR) is 118 cm³/mol. The maximum Gasteiger partial charge on any atom is 0.426 e.